The van der Waals surface area contributed by atoms with Crippen LogP contribution in [0, 0.1) is 13.5 Å². The minimum atomic E-state index is 0.449. The third kappa shape index (κ3) is 2.58. The first kappa shape index (κ1) is 16.6. The molecule has 0 saturated carbocycles. The molecule has 0 N–H and O–H groups in total. The molecule has 0 radical (unpaired) electrons. The van der Waals surface area contributed by atoms with Crippen LogP contribution in [0.3, 0.4) is 0 Å². The van der Waals surface area contributed by atoms with Gasteiger partial charge in [-0.2, -0.15) is 5.10 Å². The molecule has 1 aromatic heterocycles. The van der Waals surface area contributed by atoms with Crippen molar-refractivity contribution in [2.45, 2.75) is 38.9 Å². The third-order valence-electron chi connectivity index (χ3n) is 5.90. The number of rotatable bonds is 2. The minimum absolute atomic E-state index is 0.449. The van der Waals surface area contributed by atoms with E-state index >= 15 is 0 Å². The maximum Gasteiger partial charge on any atom is 0.190 e. The quantitative estimate of drug-likeness (QED) is 0.598. The first-order chi connectivity index (χ1) is 13.2. The Kier molecular flexibility index (Phi) is 3.82. The summed E-state index contributed by atoms with van der Waals surface area (Å²) in [5.74, 6) is 0. The van der Waals surface area contributed by atoms with Crippen molar-refractivity contribution in [2.24, 2.45) is 0 Å². The van der Waals surface area contributed by atoms with Crippen LogP contribution in [0.15, 0.2) is 42.5 Å². The molecule has 1 atom stereocenters. The van der Waals surface area contributed by atoms with Crippen molar-refractivity contribution in [2.75, 3.05) is 0 Å². The van der Waals surface area contributed by atoms with E-state index in [0.717, 1.165) is 53.7 Å². The van der Waals surface area contributed by atoms with Gasteiger partial charge < -0.3 is 0 Å². The van der Waals surface area contributed by atoms with Crippen molar-refractivity contribution < 1.29 is 0 Å². The molecule has 0 fully saturated rings. The average Bonchev–Trinajstić information content (AvgIpc) is 3.36. The first-order valence-electron chi connectivity index (χ1n) is 9.20. The molecule has 3 aromatic rings. The number of hydrogen-bond donors (Lipinski definition) is 0. The standard InChI is InChI=1S/C22H19ClN4/c1-14-18-12-26(16-10-15-6-5-8-20(24-2)17(15)11-16)13-21(18)25-27(14)22-9-4-3-7-19(22)23/h3-9,16H,10-13H2,1H3. The zero-order valence-corrected chi connectivity index (χ0v) is 15.9. The second-order valence-corrected chi connectivity index (χ2v) is 7.77. The minimum Gasteiger partial charge on any atom is -0.289 e. The van der Waals surface area contributed by atoms with Crippen LogP contribution in [0.25, 0.3) is 10.5 Å². The lowest BCUT2D eigenvalue weighted by molar-refractivity contribution is 0.202. The van der Waals surface area contributed by atoms with E-state index in [1.54, 1.807) is 0 Å². The molecule has 5 heteroatoms. The Hall–Kier alpha value is -2.61. The molecule has 134 valence electrons. The van der Waals surface area contributed by atoms with Crippen LogP contribution in [0.2, 0.25) is 5.02 Å². The van der Waals surface area contributed by atoms with Crippen LogP contribution in [-0.2, 0) is 25.9 Å². The molecular weight excluding hydrogens is 356 g/mol. The molecule has 0 saturated heterocycles. The average molecular weight is 375 g/mol. The Morgan fingerprint density at radius 2 is 1.93 bits per heavy atom. The van der Waals surface area contributed by atoms with Gasteiger partial charge in [0.2, 0.25) is 0 Å². The lowest BCUT2D eigenvalue weighted by Gasteiger charge is -2.23. The van der Waals surface area contributed by atoms with E-state index in [1.165, 1.54) is 16.7 Å². The predicted molar refractivity (Wildman–Crippen MR) is 106 cm³/mol. The highest BCUT2D eigenvalue weighted by atomic mass is 35.5. The summed E-state index contributed by atoms with van der Waals surface area (Å²) in [6.45, 7) is 11.3. The largest absolute Gasteiger partial charge is 0.289 e. The number of para-hydroxylation sites is 1. The second kappa shape index (κ2) is 6.23. The summed E-state index contributed by atoms with van der Waals surface area (Å²) < 4.78 is 1.98. The molecule has 2 aliphatic rings. The van der Waals surface area contributed by atoms with E-state index < -0.39 is 0 Å². The third-order valence-corrected chi connectivity index (χ3v) is 6.22. The number of fused-ring (bicyclic) bond motifs is 2. The molecule has 27 heavy (non-hydrogen) atoms. The maximum absolute atomic E-state index is 7.41. The van der Waals surface area contributed by atoms with Crippen molar-refractivity contribution in [1.29, 1.82) is 0 Å². The van der Waals surface area contributed by atoms with Crippen LogP contribution in [0.5, 0.6) is 0 Å². The summed E-state index contributed by atoms with van der Waals surface area (Å²) in [5, 5.41) is 5.59. The number of nitrogens with zero attached hydrogens (tertiary/aromatic N) is 4. The second-order valence-electron chi connectivity index (χ2n) is 7.37. The summed E-state index contributed by atoms with van der Waals surface area (Å²) in [6.07, 6.45) is 1.98. The lowest BCUT2D eigenvalue weighted by atomic mass is 10.1. The smallest absolute Gasteiger partial charge is 0.190 e. The molecule has 2 heterocycles. The van der Waals surface area contributed by atoms with Gasteiger partial charge in [0.25, 0.3) is 0 Å². The molecule has 5 rings (SSSR count). The fourth-order valence-corrected chi connectivity index (χ4v) is 4.68. The molecule has 0 amide bonds. The molecule has 1 unspecified atom stereocenters. The highest BCUT2D eigenvalue weighted by Crippen LogP contribution is 2.37. The van der Waals surface area contributed by atoms with Crippen molar-refractivity contribution >= 4 is 17.3 Å². The molecule has 2 aromatic carbocycles. The SMILES string of the molecule is [C-]#[N+]c1cccc2c1CC(N1Cc3nn(-c4ccccc4Cl)c(C)c3C1)C2. The molecule has 0 bridgehead atoms. The van der Waals surface area contributed by atoms with Crippen molar-refractivity contribution in [3.8, 4) is 5.69 Å². The van der Waals surface area contributed by atoms with E-state index in [4.69, 9.17) is 23.3 Å². The molecular formula is C22H19ClN4. The van der Waals surface area contributed by atoms with Crippen LogP contribution in [0.1, 0.15) is 28.1 Å². The van der Waals surface area contributed by atoms with Crippen molar-refractivity contribution in [1.82, 2.24) is 14.7 Å². The Morgan fingerprint density at radius 3 is 2.70 bits per heavy atom. The predicted octanol–water partition coefficient (Wildman–Crippen LogP) is 4.87. The van der Waals surface area contributed by atoms with Gasteiger partial charge in [0.15, 0.2) is 5.69 Å². The Morgan fingerprint density at radius 1 is 1.07 bits per heavy atom. The van der Waals surface area contributed by atoms with E-state index in [0.29, 0.717) is 6.04 Å². The number of aromatic nitrogens is 2. The summed E-state index contributed by atoms with van der Waals surface area (Å²) in [6, 6.07) is 14.4. The van der Waals surface area contributed by atoms with Gasteiger partial charge in [-0.1, -0.05) is 47.5 Å². The maximum atomic E-state index is 7.41. The Bertz CT molecular complexity index is 1090. The fourth-order valence-electron chi connectivity index (χ4n) is 4.47. The Labute approximate surface area is 163 Å². The summed E-state index contributed by atoms with van der Waals surface area (Å²) in [4.78, 5) is 6.21. The van der Waals surface area contributed by atoms with Gasteiger partial charge in [-0.3, -0.25) is 4.90 Å². The van der Waals surface area contributed by atoms with Gasteiger partial charge in [-0.05, 0) is 37.5 Å². The molecule has 4 nitrogen and oxygen atoms in total. The fraction of sp³-hybridized carbons (Fsp3) is 0.273. The highest BCUT2D eigenvalue weighted by Gasteiger charge is 2.34. The van der Waals surface area contributed by atoms with E-state index in [2.05, 4.69) is 22.7 Å². The van der Waals surface area contributed by atoms with E-state index in [9.17, 15) is 0 Å². The summed E-state index contributed by atoms with van der Waals surface area (Å²) in [5.41, 5.74) is 7.94. The first-order valence-corrected chi connectivity index (χ1v) is 9.58. The zero-order chi connectivity index (χ0) is 18.5. The highest BCUT2D eigenvalue weighted by molar-refractivity contribution is 6.32. The van der Waals surface area contributed by atoms with Gasteiger partial charge in [0, 0.05) is 30.4 Å². The van der Waals surface area contributed by atoms with Gasteiger partial charge in [0.1, 0.15) is 0 Å². The summed E-state index contributed by atoms with van der Waals surface area (Å²) >= 11 is 6.37. The van der Waals surface area contributed by atoms with Gasteiger partial charge in [0.05, 0.1) is 23.0 Å². The number of halogens is 1. The van der Waals surface area contributed by atoms with Crippen molar-refractivity contribution in [3.63, 3.8) is 0 Å². The zero-order valence-electron chi connectivity index (χ0n) is 15.1. The molecule has 1 aliphatic heterocycles. The Balaban J connectivity index is 1.40. The van der Waals surface area contributed by atoms with Gasteiger partial charge >= 0.3 is 0 Å². The summed E-state index contributed by atoms with van der Waals surface area (Å²) in [7, 11) is 0. The van der Waals surface area contributed by atoms with Crippen LogP contribution < -0.4 is 0 Å². The molecule has 1 aliphatic carbocycles. The van der Waals surface area contributed by atoms with Crippen LogP contribution in [-0.4, -0.2) is 20.7 Å². The van der Waals surface area contributed by atoms with E-state index in [-0.39, 0.29) is 0 Å². The topological polar surface area (TPSA) is 25.4 Å². The van der Waals surface area contributed by atoms with Gasteiger partial charge in [-0.25, -0.2) is 9.53 Å². The molecule has 0 spiro atoms. The van der Waals surface area contributed by atoms with E-state index in [1.807, 2.05) is 41.1 Å². The monoisotopic (exact) mass is 374 g/mol. The van der Waals surface area contributed by atoms with Gasteiger partial charge in [-0.15, -0.1) is 0 Å². The lowest BCUT2D eigenvalue weighted by Crippen LogP contribution is -2.31. The van der Waals surface area contributed by atoms with Crippen LogP contribution in [0.4, 0.5) is 5.69 Å². The van der Waals surface area contributed by atoms with Crippen molar-refractivity contribution in [3.05, 3.63) is 87.0 Å². The number of benzene rings is 2. The number of hydrogen-bond acceptors (Lipinski definition) is 2. The normalized spacial score (nSPS) is 18.3. The van der Waals surface area contributed by atoms with Crippen LogP contribution >= 0.6 is 11.6 Å².